The van der Waals surface area contributed by atoms with Crippen molar-refractivity contribution in [1.29, 1.82) is 0 Å². The zero-order valence-corrected chi connectivity index (χ0v) is 11.4. The highest BCUT2D eigenvalue weighted by atomic mass is 16.5. The lowest BCUT2D eigenvalue weighted by Crippen LogP contribution is -2.39. The van der Waals surface area contributed by atoms with Crippen LogP contribution in [0.3, 0.4) is 0 Å². The minimum Gasteiger partial charge on any atom is -0.465 e. The summed E-state index contributed by atoms with van der Waals surface area (Å²) in [6, 6.07) is -0.264. The van der Waals surface area contributed by atoms with Crippen molar-refractivity contribution in [1.82, 2.24) is 5.32 Å². The predicted molar refractivity (Wildman–Crippen MR) is 68.5 cm³/mol. The van der Waals surface area contributed by atoms with Crippen LogP contribution in [0.15, 0.2) is 0 Å². The number of rotatable bonds is 9. The van der Waals surface area contributed by atoms with Gasteiger partial charge in [-0.25, -0.2) is 0 Å². The van der Waals surface area contributed by atoms with E-state index in [0.29, 0.717) is 26.2 Å². The summed E-state index contributed by atoms with van der Waals surface area (Å²) in [6.07, 6.45) is 3.08. The van der Waals surface area contributed by atoms with Crippen LogP contribution in [-0.4, -0.2) is 51.1 Å². The van der Waals surface area contributed by atoms with E-state index in [1.165, 1.54) is 0 Å². The molecule has 1 heterocycles. The standard InChI is InChI=1S/C13H25NO4/c1-3-14-12(13(15)17-4-2)7-9-16-10-11-6-5-8-18-11/h11-12,14H,3-10H2,1-2H3. The lowest BCUT2D eigenvalue weighted by atomic mass is 10.2. The van der Waals surface area contributed by atoms with Crippen molar-refractivity contribution in [3.8, 4) is 0 Å². The van der Waals surface area contributed by atoms with Crippen LogP contribution in [-0.2, 0) is 19.0 Å². The van der Waals surface area contributed by atoms with E-state index in [2.05, 4.69) is 5.32 Å². The average Bonchev–Trinajstić information content (AvgIpc) is 2.86. The fourth-order valence-electron chi connectivity index (χ4n) is 1.98. The largest absolute Gasteiger partial charge is 0.465 e. The Morgan fingerprint density at radius 1 is 1.50 bits per heavy atom. The maximum atomic E-state index is 11.6. The fourth-order valence-corrected chi connectivity index (χ4v) is 1.98. The number of carbonyl (C=O) groups is 1. The van der Waals surface area contributed by atoms with Gasteiger partial charge in [-0.2, -0.15) is 0 Å². The zero-order valence-electron chi connectivity index (χ0n) is 11.4. The van der Waals surface area contributed by atoms with Gasteiger partial charge in [-0.1, -0.05) is 6.92 Å². The first-order valence-corrected chi connectivity index (χ1v) is 6.87. The molecule has 0 spiro atoms. The summed E-state index contributed by atoms with van der Waals surface area (Å²) >= 11 is 0. The van der Waals surface area contributed by atoms with Gasteiger partial charge in [-0.3, -0.25) is 4.79 Å². The lowest BCUT2D eigenvalue weighted by molar-refractivity contribution is -0.146. The highest BCUT2D eigenvalue weighted by Gasteiger charge is 2.19. The molecule has 0 radical (unpaired) electrons. The maximum Gasteiger partial charge on any atom is 0.323 e. The average molecular weight is 259 g/mol. The van der Waals surface area contributed by atoms with Gasteiger partial charge in [0.25, 0.3) is 0 Å². The SMILES string of the molecule is CCNC(CCOCC1CCCO1)C(=O)OCC. The third kappa shape index (κ3) is 5.80. The zero-order chi connectivity index (χ0) is 13.2. The Hall–Kier alpha value is -0.650. The van der Waals surface area contributed by atoms with Crippen LogP contribution in [0.5, 0.6) is 0 Å². The number of esters is 1. The van der Waals surface area contributed by atoms with Gasteiger partial charge in [0.2, 0.25) is 0 Å². The van der Waals surface area contributed by atoms with Gasteiger partial charge in [-0.15, -0.1) is 0 Å². The van der Waals surface area contributed by atoms with Crippen molar-refractivity contribution < 1.29 is 19.0 Å². The molecule has 1 aliphatic rings. The molecule has 5 nitrogen and oxygen atoms in total. The van der Waals surface area contributed by atoms with Crippen LogP contribution in [0, 0.1) is 0 Å². The molecule has 0 aromatic carbocycles. The summed E-state index contributed by atoms with van der Waals surface area (Å²) in [7, 11) is 0. The number of hydrogen-bond donors (Lipinski definition) is 1. The van der Waals surface area contributed by atoms with E-state index in [0.717, 1.165) is 26.0 Å². The third-order valence-corrected chi connectivity index (χ3v) is 2.90. The van der Waals surface area contributed by atoms with Crippen molar-refractivity contribution in [2.45, 2.75) is 45.3 Å². The van der Waals surface area contributed by atoms with Crippen LogP contribution < -0.4 is 5.32 Å². The second-order valence-corrected chi connectivity index (χ2v) is 4.36. The Balaban J connectivity index is 2.13. The number of hydrogen-bond acceptors (Lipinski definition) is 5. The van der Waals surface area contributed by atoms with Crippen LogP contribution in [0.25, 0.3) is 0 Å². The Morgan fingerprint density at radius 3 is 2.94 bits per heavy atom. The third-order valence-electron chi connectivity index (χ3n) is 2.90. The molecule has 1 aliphatic heterocycles. The van der Waals surface area contributed by atoms with Crippen LogP contribution in [0.4, 0.5) is 0 Å². The van der Waals surface area contributed by atoms with Gasteiger partial charge < -0.3 is 19.5 Å². The van der Waals surface area contributed by atoms with Crippen molar-refractivity contribution >= 4 is 5.97 Å². The number of ether oxygens (including phenoxy) is 3. The highest BCUT2D eigenvalue weighted by molar-refractivity contribution is 5.75. The van der Waals surface area contributed by atoms with E-state index < -0.39 is 0 Å². The summed E-state index contributed by atoms with van der Waals surface area (Å²) in [4.78, 5) is 11.6. The molecule has 1 saturated heterocycles. The molecule has 5 heteroatoms. The van der Waals surface area contributed by atoms with Gasteiger partial charge >= 0.3 is 5.97 Å². The molecular weight excluding hydrogens is 234 g/mol. The first-order chi connectivity index (χ1) is 8.77. The second-order valence-electron chi connectivity index (χ2n) is 4.36. The van der Waals surface area contributed by atoms with Crippen molar-refractivity contribution in [3.05, 3.63) is 0 Å². The van der Waals surface area contributed by atoms with E-state index >= 15 is 0 Å². The van der Waals surface area contributed by atoms with Gasteiger partial charge in [-0.05, 0) is 32.7 Å². The van der Waals surface area contributed by atoms with Gasteiger partial charge in [0, 0.05) is 13.2 Å². The minimum atomic E-state index is -0.264. The van der Waals surface area contributed by atoms with Gasteiger partial charge in [0.15, 0.2) is 0 Å². The molecule has 0 amide bonds. The van der Waals surface area contributed by atoms with E-state index in [1.807, 2.05) is 13.8 Å². The predicted octanol–water partition coefficient (Wildman–Crippen LogP) is 1.11. The number of likely N-dealkylation sites (N-methyl/N-ethyl adjacent to an activating group) is 1. The molecule has 106 valence electrons. The minimum absolute atomic E-state index is 0.194. The van der Waals surface area contributed by atoms with Gasteiger partial charge in [0.05, 0.1) is 19.3 Å². The fraction of sp³-hybridized carbons (Fsp3) is 0.923. The van der Waals surface area contributed by atoms with Crippen LogP contribution in [0.2, 0.25) is 0 Å². The van der Waals surface area contributed by atoms with Gasteiger partial charge in [0.1, 0.15) is 6.04 Å². The van der Waals surface area contributed by atoms with E-state index in [1.54, 1.807) is 0 Å². The Bertz CT molecular complexity index is 229. The summed E-state index contributed by atoms with van der Waals surface area (Å²) in [5.41, 5.74) is 0. The Morgan fingerprint density at radius 2 is 2.33 bits per heavy atom. The Kier molecular flexibility index (Phi) is 7.96. The molecule has 1 N–H and O–H groups in total. The van der Waals surface area contributed by atoms with Crippen molar-refractivity contribution in [3.63, 3.8) is 0 Å². The van der Waals surface area contributed by atoms with Crippen molar-refractivity contribution in [2.75, 3.05) is 33.0 Å². The molecule has 1 fully saturated rings. The number of nitrogens with one attached hydrogen (secondary N) is 1. The van der Waals surface area contributed by atoms with Crippen molar-refractivity contribution in [2.24, 2.45) is 0 Å². The highest BCUT2D eigenvalue weighted by Crippen LogP contribution is 2.12. The van der Waals surface area contributed by atoms with E-state index in [9.17, 15) is 4.79 Å². The molecule has 0 aromatic rings. The molecule has 2 atom stereocenters. The quantitative estimate of drug-likeness (QED) is 0.496. The molecule has 0 bridgehead atoms. The molecule has 1 rings (SSSR count). The molecule has 0 saturated carbocycles. The Labute approximate surface area is 109 Å². The smallest absolute Gasteiger partial charge is 0.323 e. The summed E-state index contributed by atoms with van der Waals surface area (Å²) < 4.78 is 16.0. The van der Waals surface area contributed by atoms with Crippen LogP contribution in [0.1, 0.15) is 33.1 Å². The monoisotopic (exact) mass is 259 g/mol. The molecular formula is C13H25NO4. The molecule has 18 heavy (non-hydrogen) atoms. The summed E-state index contributed by atoms with van der Waals surface area (Å²) in [5, 5.41) is 3.11. The first kappa shape index (κ1) is 15.4. The first-order valence-electron chi connectivity index (χ1n) is 6.87. The van der Waals surface area contributed by atoms with Crippen LogP contribution >= 0.6 is 0 Å². The van der Waals surface area contributed by atoms with E-state index in [-0.39, 0.29) is 18.1 Å². The normalized spacial score (nSPS) is 20.9. The van der Waals surface area contributed by atoms with E-state index in [4.69, 9.17) is 14.2 Å². The summed E-state index contributed by atoms with van der Waals surface area (Å²) in [5.74, 6) is -0.194. The topological polar surface area (TPSA) is 56.8 Å². The summed E-state index contributed by atoms with van der Waals surface area (Å²) in [6.45, 7) is 6.97. The lowest BCUT2D eigenvalue weighted by Gasteiger charge is -2.17. The number of carbonyl (C=O) groups excluding carboxylic acids is 1. The molecule has 0 aliphatic carbocycles. The molecule has 2 unspecified atom stereocenters. The second kappa shape index (κ2) is 9.30. The molecule has 0 aromatic heterocycles. The maximum absolute atomic E-state index is 11.6.